The van der Waals surface area contributed by atoms with Crippen molar-refractivity contribution in [2.24, 2.45) is 0 Å². The van der Waals surface area contributed by atoms with Crippen molar-refractivity contribution in [2.45, 2.75) is 25.0 Å². The first-order valence-corrected chi connectivity index (χ1v) is 3.78. The lowest BCUT2D eigenvalue weighted by molar-refractivity contribution is -0.205. The molecule has 0 unspecified atom stereocenters. The van der Waals surface area contributed by atoms with E-state index in [0.717, 1.165) is 0 Å². The van der Waals surface area contributed by atoms with Crippen molar-refractivity contribution in [3.63, 3.8) is 0 Å². The van der Waals surface area contributed by atoms with Crippen LogP contribution < -0.4 is 0 Å². The molecule has 0 saturated carbocycles. The second-order valence-corrected chi connectivity index (χ2v) is 2.65. The number of carboxylic acids is 1. The largest absolute Gasteiger partial charge is 0.477 e. The van der Waals surface area contributed by atoms with Gasteiger partial charge in [-0.1, -0.05) is 0 Å². The molecule has 0 rings (SSSR count). The van der Waals surface area contributed by atoms with E-state index in [-0.39, 0.29) is 6.42 Å². The lowest BCUT2D eigenvalue weighted by Crippen LogP contribution is -2.37. The topological polar surface area (TPSA) is 77.8 Å². The van der Waals surface area contributed by atoms with Gasteiger partial charge >= 0.3 is 5.97 Å². The molecule has 5 heteroatoms. The second-order valence-electron chi connectivity index (χ2n) is 2.27. The molecule has 0 spiro atoms. The van der Waals surface area contributed by atoms with E-state index in [1.54, 1.807) is 0 Å². The monoisotopic (exact) mass is 182 g/mol. The van der Waals surface area contributed by atoms with E-state index in [9.17, 15) is 4.79 Å². The van der Waals surface area contributed by atoms with Gasteiger partial charge in [0.2, 0.25) is 0 Å². The summed E-state index contributed by atoms with van der Waals surface area (Å²) >= 11 is 5.30. The third-order valence-corrected chi connectivity index (χ3v) is 1.52. The first-order chi connectivity index (χ1) is 5.00. The van der Waals surface area contributed by atoms with Crippen LogP contribution in [0.2, 0.25) is 0 Å². The average Bonchev–Trinajstić information content (AvgIpc) is 1.88. The van der Waals surface area contributed by atoms with E-state index in [1.165, 1.54) is 0 Å². The van der Waals surface area contributed by atoms with Crippen LogP contribution in [0.4, 0.5) is 0 Å². The van der Waals surface area contributed by atoms with Crippen LogP contribution in [0.15, 0.2) is 0 Å². The minimum absolute atomic E-state index is 0.185. The molecule has 0 fully saturated rings. The van der Waals surface area contributed by atoms with E-state index in [2.05, 4.69) is 0 Å². The lowest BCUT2D eigenvalue weighted by Gasteiger charge is -2.14. The molecule has 0 saturated heterocycles. The predicted molar refractivity (Wildman–Crippen MR) is 39.4 cm³/mol. The highest BCUT2D eigenvalue weighted by Crippen LogP contribution is 2.10. The number of carboxylic acid groups (broad SMARTS) is 1. The van der Waals surface area contributed by atoms with Crippen LogP contribution >= 0.6 is 11.6 Å². The van der Waals surface area contributed by atoms with Gasteiger partial charge in [0.05, 0.1) is 0 Å². The van der Waals surface area contributed by atoms with Crippen molar-refractivity contribution in [3.8, 4) is 0 Å². The van der Waals surface area contributed by atoms with Gasteiger partial charge in [0.15, 0.2) is 0 Å². The minimum Gasteiger partial charge on any atom is -0.477 e. The average molecular weight is 183 g/mol. The number of aliphatic hydroxyl groups is 2. The maximum atomic E-state index is 10.1. The van der Waals surface area contributed by atoms with Gasteiger partial charge in [-0.25, -0.2) is 4.79 Å². The summed E-state index contributed by atoms with van der Waals surface area (Å²) in [7, 11) is 0. The van der Waals surface area contributed by atoms with Gasteiger partial charge in [-0.05, 0) is 12.8 Å². The van der Waals surface area contributed by atoms with Crippen LogP contribution in [0, 0.1) is 0 Å². The van der Waals surface area contributed by atoms with Crippen molar-refractivity contribution in [2.75, 3.05) is 5.88 Å². The molecule has 0 aromatic heterocycles. The SMILES string of the molecule is O=C(O)C(O)(O)CCCCCl. The van der Waals surface area contributed by atoms with Crippen LogP contribution in [0.5, 0.6) is 0 Å². The standard InChI is InChI=1S/C6H11ClO4/c7-4-2-1-3-6(10,11)5(8)9/h10-11H,1-4H2,(H,8,9). The number of aliphatic carboxylic acids is 1. The number of halogens is 1. The fourth-order valence-electron chi connectivity index (χ4n) is 0.573. The minimum atomic E-state index is -2.59. The Bertz CT molecular complexity index is 135. The zero-order chi connectivity index (χ0) is 8.91. The van der Waals surface area contributed by atoms with Gasteiger partial charge < -0.3 is 15.3 Å². The van der Waals surface area contributed by atoms with Gasteiger partial charge in [0, 0.05) is 12.3 Å². The van der Waals surface area contributed by atoms with Gasteiger partial charge in [-0.15, -0.1) is 11.6 Å². The second kappa shape index (κ2) is 4.54. The molecule has 0 aliphatic rings. The van der Waals surface area contributed by atoms with Gasteiger partial charge in [0.25, 0.3) is 5.79 Å². The maximum Gasteiger partial charge on any atom is 0.364 e. The smallest absolute Gasteiger partial charge is 0.364 e. The highest BCUT2D eigenvalue weighted by Gasteiger charge is 2.31. The van der Waals surface area contributed by atoms with Crippen molar-refractivity contribution in [3.05, 3.63) is 0 Å². The van der Waals surface area contributed by atoms with Crippen molar-refractivity contribution in [1.82, 2.24) is 0 Å². The normalized spacial score (nSPS) is 11.5. The lowest BCUT2D eigenvalue weighted by atomic mass is 10.1. The quantitative estimate of drug-likeness (QED) is 0.322. The molecule has 0 aromatic carbocycles. The summed E-state index contributed by atoms with van der Waals surface area (Å²) in [6.45, 7) is 0. The van der Waals surface area contributed by atoms with Crippen LogP contribution in [0.25, 0.3) is 0 Å². The third-order valence-electron chi connectivity index (χ3n) is 1.25. The molecule has 0 atom stereocenters. The van der Waals surface area contributed by atoms with Gasteiger partial charge in [0.1, 0.15) is 0 Å². The summed E-state index contributed by atoms with van der Waals surface area (Å²) in [4.78, 5) is 10.1. The van der Waals surface area contributed by atoms with E-state index in [1.807, 2.05) is 0 Å². The van der Waals surface area contributed by atoms with E-state index in [4.69, 9.17) is 26.9 Å². The molecule has 0 aliphatic carbocycles. The summed E-state index contributed by atoms with van der Waals surface area (Å²) in [5.41, 5.74) is 0. The fourth-order valence-corrected chi connectivity index (χ4v) is 0.762. The van der Waals surface area contributed by atoms with E-state index >= 15 is 0 Å². The maximum absolute atomic E-state index is 10.1. The summed E-state index contributed by atoms with van der Waals surface area (Å²) in [5, 5.41) is 25.7. The first kappa shape index (κ1) is 10.7. The Morgan fingerprint density at radius 2 is 1.91 bits per heavy atom. The van der Waals surface area contributed by atoms with Crippen LogP contribution in [0.3, 0.4) is 0 Å². The Hall–Kier alpha value is -0.320. The van der Waals surface area contributed by atoms with Crippen molar-refractivity contribution in [1.29, 1.82) is 0 Å². The van der Waals surface area contributed by atoms with Crippen molar-refractivity contribution < 1.29 is 20.1 Å². The number of hydrogen-bond acceptors (Lipinski definition) is 3. The zero-order valence-electron chi connectivity index (χ0n) is 5.96. The summed E-state index contributed by atoms with van der Waals surface area (Å²) < 4.78 is 0. The van der Waals surface area contributed by atoms with Crippen LogP contribution in [0.1, 0.15) is 19.3 Å². The number of alkyl halides is 1. The summed E-state index contributed by atoms with van der Waals surface area (Å²) in [5.74, 6) is -3.81. The molecular weight excluding hydrogens is 172 g/mol. The zero-order valence-corrected chi connectivity index (χ0v) is 6.71. The Morgan fingerprint density at radius 3 is 2.27 bits per heavy atom. The number of hydrogen-bond donors (Lipinski definition) is 3. The summed E-state index contributed by atoms with van der Waals surface area (Å²) in [6.07, 6.45) is 0.787. The molecular formula is C6H11ClO4. The predicted octanol–water partition coefficient (Wildman–Crippen LogP) is 0.161. The molecule has 0 radical (unpaired) electrons. The molecule has 0 heterocycles. The third kappa shape index (κ3) is 4.19. The number of carbonyl (C=O) groups is 1. The Balaban J connectivity index is 3.64. The molecule has 11 heavy (non-hydrogen) atoms. The van der Waals surface area contributed by atoms with Crippen molar-refractivity contribution >= 4 is 17.6 Å². The van der Waals surface area contributed by atoms with Crippen LogP contribution in [-0.2, 0) is 4.79 Å². The molecule has 66 valence electrons. The Morgan fingerprint density at radius 1 is 1.36 bits per heavy atom. The number of rotatable bonds is 5. The molecule has 0 aliphatic heterocycles. The molecule has 0 bridgehead atoms. The molecule has 4 nitrogen and oxygen atoms in total. The highest BCUT2D eigenvalue weighted by atomic mass is 35.5. The Labute approximate surface area is 69.4 Å². The molecule has 0 amide bonds. The Kier molecular flexibility index (Phi) is 4.40. The highest BCUT2D eigenvalue weighted by molar-refractivity contribution is 6.17. The van der Waals surface area contributed by atoms with Crippen LogP contribution in [-0.4, -0.2) is 33.0 Å². The molecule has 0 aromatic rings. The summed E-state index contributed by atoms with van der Waals surface area (Å²) in [6, 6.07) is 0. The van der Waals surface area contributed by atoms with E-state index < -0.39 is 11.8 Å². The molecule has 3 N–H and O–H groups in total. The number of unbranched alkanes of at least 4 members (excludes halogenated alkanes) is 1. The van der Waals surface area contributed by atoms with Gasteiger partial charge in [-0.3, -0.25) is 0 Å². The van der Waals surface area contributed by atoms with Gasteiger partial charge in [-0.2, -0.15) is 0 Å². The van der Waals surface area contributed by atoms with E-state index in [0.29, 0.717) is 18.7 Å². The first-order valence-electron chi connectivity index (χ1n) is 3.25. The fraction of sp³-hybridized carbons (Fsp3) is 0.833.